The van der Waals surface area contributed by atoms with Crippen molar-refractivity contribution >= 4 is 40.8 Å². The summed E-state index contributed by atoms with van der Waals surface area (Å²) in [6.45, 7) is 1.29. The van der Waals surface area contributed by atoms with Crippen LogP contribution >= 0.6 is 23.2 Å². The average molecular weight is 363 g/mol. The summed E-state index contributed by atoms with van der Waals surface area (Å²) in [6.07, 6.45) is 0. The molecule has 0 aliphatic heterocycles. The Labute approximate surface area is 148 Å². The van der Waals surface area contributed by atoms with Crippen molar-refractivity contribution in [2.75, 3.05) is 11.9 Å². The predicted molar refractivity (Wildman–Crippen MR) is 91.3 cm³/mol. The number of carbonyl (C=O) groups is 2. The molecule has 0 aliphatic carbocycles. The number of carbonyl (C=O) groups excluding carboxylic acids is 2. The number of hydrogen-bond acceptors (Lipinski definition) is 4. The molecule has 0 aliphatic rings. The first-order valence-electron chi connectivity index (χ1n) is 6.84. The van der Waals surface area contributed by atoms with Crippen molar-refractivity contribution in [3.8, 4) is 6.07 Å². The highest BCUT2D eigenvalue weighted by molar-refractivity contribution is 6.40. The van der Waals surface area contributed by atoms with Gasteiger partial charge in [0.2, 0.25) is 0 Å². The molecule has 2 rings (SSSR count). The molecule has 0 bridgehead atoms. The minimum Gasteiger partial charge on any atom is -0.452 e. The smallest absolute Gasteiger partial charge is 0.338 e. The topological polar surface area (TPSA) is 79.2 Å². The third-order valence-corrected chi connectivity index (χ3v) is 3.93. The lowest BCUT2D eigenvalue weighted by molar-refractivity contribution is -0.119. The molecular weight excluding hydrogens is 351 g/mol. The van der Waals surface area contributed by atoms with Crippen LogP contribution in [0, 0.1) is 18.3 Å². The molecule has 0 atom stereocenters. The largest absolute Gasteiger partial charge is 0.452 e. The molecule has 0 aromatic heterocycles. The molecule has 24 heavy (non-hydrogen) atoms. The van der Waals surface area contributed by atoms with Crippen molar-refractivity contribution in [3.63, 3.8) is 0 Å². The standard InChI is InChI=1S/C17H12Cl2N2O3/c1-10-2-7-13(18)16(15(10)19)21-14(22)9-24-17(23)12-5-3-11(8-20)4-6-12/h2-7H,9H2,1H3,(H,21,22). The molecule has 0 spiro atoms. The zero-order valence-electron chi connectivity index (χ0n) is 12.6. The van der Waals surface area contributed by atoms with Gasteiger partial charge in [-0.15, -0.1) is 0 Å². The number of amides is 1. The van der Waals surface area contributed by atoms with E-state index in [-0.39, 0.29) is 16.3 Å². The summed E-state index contributed by atoms with van der Waals surface area (Å²) in [5.74, 6) is -1.23. The van der Waals surface area contributed by atoms with Gasteiger partial charge in [0.25, 0.3) is 5.91 Å². The summed E-state index contributed by atoms with van der Waals surface area (Å²) >= 11 is 12.1. The van der Waals surface area contributed by atoms with Crippen LogP contribution in [0.2, 0.25) is 10.0 Å². The number of rotatable bonds is 4. The number of ether oxygens (including phenoxy) is 1. The van der Waals surface area contributed by atoms with Crippen molar-refractivity contribution in [2.45, 2.75) is 6.92 Å². The lowest BCUT2D eigenvalue weighted by Gasteiger charge is -2.11. The minimum atomic E-state index is -0.670. The maximum absolute atomic E-state index is 11.9. The van der Waals surface area contributed by atoms with Gasteiger partial charge in [-0.1, -0.05) is 29.3 Å². The van der Waals surface area contributed by atoms with Crippen LogP contribution in [0.1, 0.15) is 21.5 Å². The third kappa shape index (κ3) is 4.25. The monoisotopic (exact) mass is 362 g/mol. The van der Waals surface area contributed by atoms with Crippen molar-refractivity contribution in [1.82, 2.24) is 0 Å². The van der Waals surface area contributed by atoms with Gasteiger partial charge in [-0.05, 0) is 42.8 Å². The normalized spacial score (nSPS) is 9.92. The van der Waals surface area contributed by atoms with Crippen LogP contribution in [0.4, 0.5) is 5.69 Å². The molecule has 0 radical (unpaired) electrons. The number of hydrogen-bond donors (Lipinski definition) is 1. The number of benzene rings is 2. The second-order valence-corrected chi connectivity index (χ2v) is 5.65. The molecule has 122 valence electrons. The van der Waals surface area contributed by atoms with Crippen LogP contribution in [0.15, 0.2) is 36.4 Å². The first-order chi connectivity index (χ1) is 11.4. The van der Waals surface area contributed by atoms with Crippen LogP contribution in [-0.2, 0) is 9.53 Å². The fourth-order valence-corrected chi connectivity index (χ4v) is 2.31. The van der Waals surface area contributed by atoms with E-state index in [9.17, 15) is 9.59 Å². The van der Waals surface area contributed by atoms with Gasteiger partial charge in [0.05, 0.1) is 32.9 Å². The minimum absolute atomic E-state index is 0.244. The van der Waals surface area contributed by atoms with Gasteiger partial charge in [0, 0.05) is 0 Å². The van der Waals surface area contributed by atoms with Gasteiger partial charge in [-0.2, -0.15) is 5.26 Å². The van der Waals surface area contributed by atoms with Crippen molar-refractivity contribution in [2.24, 2.45) is 0 Å². The van der Waals surface area contributed by atoms with E-state index in [4.69, 9.17) is 33.2 Å². The van der Waals surface area contributed by atoms with Crippen molar-refractivity contribution in [3.05, 3.63) is 63.1 Å². The molecule has 0 saturated heterocycles. The van der Waals surface area contributed by atoms with E-state index in [0.717, 1.165) is 5.56 Å². The van der Waals surface area contributed by atoms with E-state index in [1.165, 1.54) is 24.3 Å². The molecule has 7 heteroatoms. The van der Waals surface area contributed by atoms with E-state index < -0.39 is 18.5 Å². The number of nitrogens with zero attached hydrogens (tertiary/aromatic N) is 1. The summed E-state index contributed by atoms with van der Waals surface area (Å²) in [5.41, 5.74) is 1.70. The highest BCUT2D eigenvalue weighted by Gasteiger charge is 2.14. The number of nitriles is 1. The molecule has 0 heterocycles. The molecule has 1 N–H and O–H groups in total. The fraction of sp³-hybridized carbons (Fsp3) is 0.118. The van der Waals surface area contributed by atoms with E-state index in [1.807, 2.05) is 6.07 Å². The predicted octanol–water partition coefficient (Wildman–Crippen LogP) is 3.97. The summed E-state index contributed by atoms with van der Waals surface area (Å²) in [4.78, 5) is 23.8. The summed E-state index contributed by atoms with van der Waals surface area (Å²) in [5, 5.41) is 11.8. The van der Waals surface area contributed by atoms with E-state index in [2.05, 4.69) is 5.32 Å². The Hall–Kier alpha value is -2.55. The molecule has 2 aromatic carbocycles. The van der Waals surface area contributed by atoms with E-state index in [1.54, 1.807) is 19.1 Å². The highest BCUT2D eigenvalue weighted by atomic mass is 35.5. The Morgan fingerprint density at radius 3 is 2.46 bits per heavy atom. The number of esters is 1. The first kappa shape index (κ1) is 17.8. The molecule has 0 saturated carbocycles. The highest BCUT2D eigenvalue weighted by Crippen LogP contribution is 2.32. The molecular formula is C17H12Cl2N2O3. The van der Waals surface area contributed by atoms with Crippen LogP contribution in [0.3, 0.4) is 0 Å². The van der Waals surface area contributed by atoms with Gasteiger partial charge < -0.3 is 10.1 Å². The van der Waals surface area contributed by atoms with Crippen LogP contribution in [-0.4, -0.2) is 18.5 Å². The number of aryl methyl sites for hydroxylation is 1. The molecule has 2 aromatic rings. The number of nitrogens with one attached hydrogen (secondary N) is 1. The van der Waals surface area contributed by atoms with Crippen molar-refractivity contribution in [1.29, 1.82) is 5.26 Å². The average Bonchev–Trinajstić information content (AvgIpc) is 2.60. The SMILES string of the molecule is Cc1ccc(Cl)c(NC(=O)COC(=O)c2ccc(C#N)cc2)c1Cl. The maximum atomic E-state index is 11.9. The lowest BCUT2D eigenvalue weighted by atomic mass is 10.1. The Morgan fingerprint density at radius 2 is 1.83 bits per heavy atom. The fourth-order valence-electron chi connectivity index (χ4n) is 1.84. The Balaban J connectivity index is 1.97. The Bertz CT molecular complexity index is 827. The van der Waals surface area contributed by atoms with Crippen LogP contribution in [0.5, 0.6) is 0 Å². The summed E-state index contributed by atoms with van der Waals surface area (Å²) in [6, 6.07) is 11.2. The number of anilines is 1. The van der Waals surface area contributed by atoms with Gasteiger partial charge in [0.15, 0.2) is 6.61 Å². The quantitative estimate of drug-likeness (QED) is 0.834. The van der Waals surface area contributed by atoms with Gasteiger partial charge in [0.1, 0.15) is 0 Å². The van der Waals surface area contributed by atoms with E-state index >= 15 is 0 Å². The molecule has 5 nitrogen and oxygen atoms in total. The second-order valence-electron chi connectivity index (χ2n) is 4.87. The maximum Gasteiger partial charge on any atom is 0.338 e. The van der Waals surface area contributed by atoms with Gasteiger partial charge >= 0.3 is 5.97 Å². The van der Waals surface area contributed by atoms with Crippen LogP contribution < -0.4 is 5.32 Å². The first-order valence-corrected chi connectivity index (χ1v) is 7.59. The Morgan fingerprint density at radius 1 is 1.17 bits per heavy atom. The molecule has 0 fully saturated rings. The molecule has 0 unspecified atom stereocenters. The number of halogens is 2. The van der Waals surface area contributed by atoms with Crippen LogP contribution in [0.25, 0.3) is 0 Å². The van der Waals surface area contributed by atoms with E-state index in [0.29, 0.717) is 10.6 Å². The van der Waals surface area contributed by atoms with Crippen molar-refractivity contribution < 1.29 is 14.3 Å². The van der Waals surface area contributed by atoms with Gasteiger partial charge in [-0.25, -0.2) is 4.79 Å². The zero-order chi connectivity index (χ0) is 17.7. The summed E-state index contributed by atoms with van der Waals surface area (Å²) < 4.78 is 4.93. The lowest BCUT2D eigenvalue weighted by Crippen LogP contribution is -2.21. The van der Waals surface area contributed by atoms with Gasteiger partial charge in [-0.3, -0.25) is 4.79 Å². The zero-order valence-corrected chi connectivity index (χ0v) is 14.1. The second kappa shape index (κ2) is 7.82. The third-order valence-electron chi connectivity index (χ3n) is 3.13. The Kier molecular flexibility index (Phi) is 5.80. The molecule has 1 amide bonds. The summed E-state index contributed by atoms with van der Waals surface area (Å²) in [7, 11) is 0.